The van der Waals surface area contributed by atoms with Crippen molar-refractivity contribution >= 4 is 17.9 Å². The molecule has 0 saturated carbocycles. The summed E-state index contributed by atoms with van der Waals surface area (Å²) in [4.78, 5) is 41.0. The van der Waals surface area contributed by atoms with Crippen LogP contribution in [0.3, 0.4) is 0 Å². The van der Waals surface area contributed by atoms with Gasteiger partial charge in [-0.1, -0.05) is 234 Å². The van der Waals surface area contributed by atoms with Crippen molar-refractivity contribution in [3.8, 4) is 0 Å². The summed E-state index contributed by atoms with van der Waals surface area (Å²) >= 11 is 0. The minimum Gasteiger partial charge on any atom is -0.465 e. The highest BCUT2D eigenvalue weighted by Gasteiger charge is 2.16. The lowest BCUT2D eigenvalue weighted by Gasteiger charge is -2.22. The standard InChI is InChI=1S/C65H128N2O6/c1-7-13-19-24-26-35-47-61(45-33-22-16-10-4)58-72-64(69)50-38-29-41-54-67(55-42-30-39-51-65(70)73-59-62(46-34-23-17-11-5)48-36-27-25-20-14-8-2)56-53-66-52-40-28-37-49-63(68)71-57-60(43-31-18-12-6)44-32-21-15-9-3/h60-62,66H,7-59H2,1-6H3. The predicted octanol–water partition coefficient (Wildman–Crippen LogP) is 19.0. The van der Waals surface area contributed by atoms with E-state index in [1.165, 1.54) is 212 Å². The summed E-state index contributed by atoms with van der Waals surface area (Å²) in [6, 6.07) is 0. The van der Waals surface area contributed by atoms with Crippen molar-refractivity contribution in [1.29, 1.82) is 0 Å². The Bertz CT molecular complexity index is 1090. The van der Waals surface area contributed by atoms with Gasteiger partial charge in [-0.2, -0.15) is 0 Å². The Hall–Kier alpha value is -1.67. The van der Waals surface area contributed by atoms with Crippen LogP contribution in [-0.4, -0.2) is 75.4 Å². The highest BCUT2D eigenvalue weighted by molar-refractivity contribution is 5.69. The molecule has 0 aliphatic heterocycles. The maximum Gasteiger partial charge on any atom is 0.305 e. The molecule has 73 heavy (non-hydrogen) atoms. The van der Waals surface area contributed by atoms with Gasteiger partial charge in [0.25, 0.3) is 0 Å². The van der Waals surface area contributed by atoms with Gasteiger partial charge in [0.05, 0.1) is 19.8 Å². The van der Waals surface area contributed by atoms with Gasteiger partial charge in [-0.15, -0.1) is 0 Å². The molecule has 434 valence electrons. The molecule has 8 nitrogen and oxygen atoms in total. The van der Waals surface area contributed by atoms with E-state index in [1.807, 2.05) is 0 Å². The number of nitrogens with one attached hydrogen (secondary N) is 1. The van der Waals surface area contributed by atoms with Crippen LogP contribution in [0.4, 0.5) is 0 Å². The summed E-state index contributed by atoms with van der Waals surface area (Å²) in [5.74, 6) is 1.48. The Balaban J connectivity index is 4.93. The van der Waals surface area contributed by atoms with Crippen LogP contribution in [0.25, 0.3) is 0 Å². The van der Waals surface area contributed by atoms with Gasteiger partial charge in [0.1, 0.15) is 0 Å². The molecule has 0 aliphatic carbocycles. The minimum atomic E-state index is -0.0207. The fourth-order valence-corrected chi connectivity index (χ4v) is 10.4. The van der Waals surface area contributed by atoms with Crippen molar-refractivity contribution in [2.75, 3.05) is 52.5 Å². The number of nitrogens with zero attached hydrogens (tertiary/aromatic N) is 1. The SMILES string of the molecule is CCCCCCCCC(CCCCCC)COC(=O)CCCCCN(CCCCCC(=O)OCC(CCCCCC)CCCCCCCC)CCNCCCCCC(=O)OCC(CCCCC)CCCCCC. The quantitative estimate of drug-likeness (QED) is 0.0366. The summed E-state index contributed by atoms with van der Waals surface area (Å²) in [7, 11) is 0. The Morgan fingerprint density at radius 2 is 0.562 bits per heavy atom. The molecule has 0 aromatic heterocycles. The molecular formula is C65H128N2O6. The Morgan fingerprint density at radius 3 is 0.904 bits per heavy atom. The zero-order chi connectivity index (χ0) is 53.3. The van der Waals surface area contributed by atoms with Gasteiger partial charge in [-0.05, 0) is 114 Å². The van der Waals surface area contributed by atoms with Crippen LogP contribution in [0, 0.1) is 17.8 Å². The van der Waals surface area contributed by atoms with Crippen molar-refractivity contribution in [3.63, 3.8) is 0 Å². The normalized spacial score (nSPS) is 12.9. The monoisotopic (exact) mass is 1030 g/mol. The van der Waals surface area contributed by atoms with Crippen molar-refractivity contribution < 1.29 is 28.6 Å². The smallest absolute Gasteiger partial charge is 0.305 e. The van der Waals surface area contributed by atoms with Crippen LogP contribution >= 0.6 is 0 Å². The average Bonchev–Trinajstić information content (AvgIpc) is 3.39. The predicted molar refractivity (Wildman–Crippen MR) is 314 cm³/mol. The van der Waals surface area contributed by atoms with Gasteiger partial charge >= 0.3 is 17.9 Å². The second kappa shape index (κ2) is 58.0. The lowest BCUT2D eigenvalue weighted by molar-refractivity contribution is -0.146. The number of unbranched alkanes of at least 4 members (excludes halogenated alkanes) is 27. The third-order valence-corrected chi connectivity index (χ3v) is 15.5. The molecular weight excluding hydrogens is 905 g/mol. The van der Waals surface area contributed by atoms with Crippen molar-refractivity contribution in [2.24, 2.45) is 17.8 Å². The second-order valence-electron chi connectivity index (χ2n) is 22.8. The fraction of sp³-hybridized carbons (Fsp3) is 0.954. The van der Waals surface area contributed by atoms with Gasteiger partial charge in [0, 0.05) is 32.4 Å². The molecule has 0 bridgehead atoms. The number of carbonyl (C=O) groups is 3. The zero-order valence-electron chi connectivity index (χ0n) is 50.1. The fourth-order valence-electron chi connectivity index (χ4n) is 10.4. The molecule has 8 heteroatoms. The number of ether oxygens (including phenoxy) is 3. The number of hydrogen-bond donors (Lipinski definition) is 1. The number of hydrogen-bond acceptors (Lipinski definition) is 8. The molecule has 0 amide bonds. The molecule has 1 N–H and O–H groups in total. The highest BCUT2D eigenvalue weighted by atomic mass is 16.5. The summed E-state index contributed by atoms with van der Waals surface area (Å²) in [6.07, 6.45) is 52.4. The molecule has 0 radical (unpaired) electrons. The maximum atomic E-state index is 12.9. The zero-order valence-corrected chi connectivity index (χ0v) is 50.1. The van der Waals surface area contributed by atoms with Crippen LogP contribution in [0.1, 0.15) is 330 Å². The van der Waals surface area contributed by atoms with Gasteiger partial charge < -0.3 is 24.4 Å². The Kier molecular flexibility index (Phi) is 56.7. The average molecular weight is 1030 g/mol. The van der Waals surface area contributed by atoms with Crippen LogP contribution in [-0.2, 0) is 28.6 Å². The summed E-state index contributed by atoms with van der Waals surface area (Å²) in [5.41, 5.74) is 0. The van der Waals surface area contributed by atoms with E-state index in [1.54, 1.807) is 0 Å². The van der Waals surface area contributed by atoms with Gasteiger partial charge in [0.15, 0.2) is 0 Å². The first kappa shape index (κ1) is 71.3. The van der Waals surface area contributed by atoms with E-state index in [2.05, 4.69) is 51.8 Å². The first-order chi connectivity index (χ1) is 35.8. The molecule has 0 aromatic rings. The van der Waals surface area contributed by atoms with Gasteiger partial charge in [-0.25, -0.2) is 0 Å². The van der Waals surface area contributed by atoms with Crippen molar-refractivity contribution in [2.45, 2.75) is 330 Å². The van der Waals surface area contributed by atoms with E-state index in [0.717, 1.165) is 90.5 Å². The van der Waals surface area contributed by atoms with E-state index in [9.17, 15) is 14.4 Å². The second-order valence-corrected chi connectivity index (χ2v) is 22.8. The molecule has 0 rings (SSSR count). The third-order valence-electron chi connectivity index (χ3n) is 15.5. The Labute approximate surface area is 455 Å². The van der Waals surface area contributed by atoms with E-state index >= 15 is 0 Å². The van der Waals surface area contributed by atoms with Crippen molar-refractivity contribution in [3.05, 3.63) is 0 Å². The van der Waals surface area contributed by atoms with Crippen LogP contribution < -0.4 is 5.32 Å². The maximum absolute atomic E-state index is 12.9. The minimum absolute atomic E-state index is 0.0158. The number of esters is 3. The summed E-state index contributed by atoms with van der Waals surface area (Å²) in [5, 5.41) is 3.68. The lowest BCUT2D eigenvalue weighted by Crippen LogP contribution is -2.34. The number of carbonyl (C=O) groups excluding carboxylic acids is 3. The van der Waals surface area contributed by atoms with Crippen molar-refractivity contribution in [1.82, 2.24) is 10.2 Å². The van der Waals surface area contributed by atoms with Crippen LogP contribution in [0.2, 0.25) is 0 Å². The van der Waals surface area contributed by atoms with E-state index < -0.39 is 0 Å². The topological polar surface area (TPSA) is 94.2 Å². The van der Waals surface area contributed by atoms with Gasteiger partial charge in [-0.3, -0.25) is 14.4 Å². The summed E-state index contributed by atoms with van der Waals surface area (Å²) < 4.78 is 17.6. The van der Waals surface area contributed by atoms with E-state index in [0.29, 0.717) is 56.8 Å². The molecule has 0 aliphatic rings. The van der Waals surface area contributed by atoms with E-state index in [4.69, 9.17) is 14.2 Å². The van der Waals surface area contributed by atoms with Gasteiger partial charge in [0.2, 0.25) is 0 Å². The summed E-state index contributed by atoms with van der Waals surface area (Å²) in [6.45, 7) is 20.3. The molecule has 3 unspecified atom stereocenters. The molecule has 0 saturated heterocycles. The molecule has 0 spiro atoms. The molecule has 0 aromatic carbocycles. The Morgan fingerprint density at radius 1 is 0.301 bits per heavy atom. The molecule has 0 heterocycles. The highest BCUT2D eigenvalue weighted by Crippen LogP contribution is 2.23. The lowest BCUT2D eigenvalue weighted by atomic mass is 9.95. The first-order valence-electron chi connectivity index (χ1n) is 32.7. The third kappa shape index (κ3) is 52.2. The van der Waals surface area contributed by atoms with E-state index in [-0.39, 0.29) is 17.9 Å². The first-order valence-corrected chi connectivity index (χ1v) is 32.7. The largest absolute Gasteiger partial charge is 0.465 e. The van der Waals surface area contributed by atoms with Crippen LogP contribution in [0.15, 0.2) is 0 Å². The molecule has 3 atom stereocenters. The molecule has 0 fully saturated rings. The number of rotatable bonds is 60. The van der Waals surface area contributed by atoms with Crippen LogP contribution in [0.5, 0.6) is 0 Å².